The second-order valence-corrected chi connectivity index (χ2v) is 10.3. The molecule has 4 N–H and O–H groups in total. The molecule has 1 aromatic carbocycles. The predicted octanol–water partition coefficient (Wildman–Crippen LogP) is 5.69. The zero-order chi connectivity index (χ0) is 29.2. The van der Waals surface area contributed by atoms with Crippen LogP contribution in [0, 0.1) is 5.82 Å². The molecule has 212 valence electrons. The summed E-state index contributed by atoms with van der Waals surface area (Å²) < 4.78 is 14.7. The normalized spacial score (nSPS) is 11.5. The average molecular weight is 564 g/mol. The molecule has 6 rings (SSSR count). The molecule has 0 fully saturated rings. The summed E-state index contributed by atoms with van der Waals surface area (Å²) in [6, 6.07) is 10.8. The lowest BCUT2D eigenvalue weighted by atomic mass is 10.0. The predicted molar refractivity (Wildman–Crippen MR) is 164 cm³/mol. The van der Waals surface area contributed by atoms with Crippen molar-refractivity contribution in [3.05, 3.63) is 73.2 Å². The largest absolute Gasteiger partial charge is 0.384 e. The molecule has 0 aliphatic rings. The van der Waals surface area contributed by atoms with Crippen LogP contribution < -0.4 is 10.6 Å². The number of amides is 1. The Labute approximate surface area is 241 Å². The van der Waals surface area contributed by atoms with Crippen molar-refractivity contribution in [1.29, 1.82) is 0 Å². The van der Waals surface area contributed by atoms with Crippen LogP contribution in [0.2, 0.25) is 0 Å². The first-order chi connectivity index (χ1) is 20.4. The topological polar surface area (TPSA) is 128 Å². The highest BCUT2D eigenvalue weighted by Crippen LogP contribution is 2.35. The number of nitrogens with zero attached hydrogens (tertiary/aromatic N) is 5. The summed E-state index contributed by atoms with van der Waals surface area (Å²) in [7, 11) is 4.00. The number of hydrogen-bond donors (Lipinski definition) is 4. The Kier molecular flexibility index (Phi) is 7.32. The van der Waals surface area contributed by atoms with Gasteiger partial charge in [0.05, 0.1) is 46.7 Å². The van der Waals surface area contributed by atoms with Crippen LogP contribution >= 0.6 is 0 Å². The smallest absolute Gasteiger partial charge is 0.224 e. The van der Waals surface area contributed by atoms with Gasteiger partial charge in [-0.05, 0) is 56.1 Å². The number of benzene rings is 1. The van der Waals surface area contributed by atoms with Crippen molar-refractivity contribution >= 4 is 39.1 Å². The Morgan fingerprint density at radius 2 is 1.74 bits per heavy atom. The Balaban J connectivity index is 1.36. The molecule has 10 nitrogen and oxygen atoms in total. The summed E-state index contributed by atoms with van der Waals surface area (Å²) >= 11 is 0. The van der Waals surface area contributed by atoms with Crippen LogP contribution in [0.1, 0.15) is 13.3 Å². The lowest BCUT2D eigenvalue weighted by Gasteiger charge is -2.13. The third-order valence-electron chi connectivity index (χ3n) is 6.98. The zero-order valence-corrected chi connectivity index (χ0v) is 23.5. The van der Waals surface area contributed by atoms with Crippen LogP contribution in [0.3, 0.4) is 0 Å². The first-order valence-electron chi connectivity index (χ1n) is 13.6. The minimum atomic E-state index is -0.321. The molecule has 0 saturated carbocycles. The maximum Gasteiger partial charge on any atom is 0.224 e. The number of H-pyrrole nitrogens is 2. The minimum absolute atomic E-state index is 0.0859. The van der Waals surface area contributed by atoms with Gasteiger partial charge in [0.15, 0.2) is 0 Å². The van der Waals surface area contributed by atoms with E-state index in [1.165, 1.54) is 12.1 Å². The summed E-state index contributed by atoms with van der Waals surface area (Å²) in [6.45, 7) is 3.32. The van der Waals surface area contributed by atoms with Crippen molar-refractivity contribution < 1.29 is 9.18 Å². The van der Waals surface area contributed by atoms with Crippen molar-refractivity contribution in [2.45, 2.75) is 13.3 Å². The van der Waals surface area contributed by atoms with E-state index in [0.717, 1.165) is 50.7 Å². The third kappa shape index (κ3) is 5.54. The van der Waals surface area contributed by atoms with E-state index in [4.69, 9.17) is 0 Å². The molecule has 0 spiro atoms. The quantitative estimate of drug-likeness (QED) is 0.178. The number of halogens is 1. The Morgan fingerprint density at radius 3 is 2.57 bits per heavy atom. The molecule has 0 atom stereocenters. The molecule has 1 amide bonds. The molecule has 42 heavy (non-hydrogen) atoms. The number of likely N-dealkylation sites (N-methyl/N-ethyl adjacent to an activating group) is 1. The van der Waals surface area contributed by atoms with Gasteiger partial charge in [-0.2, -0.15) is 5.10 Å². The van der Waals surface area contributed by atoms with E-state index in [2.05, 4.69) is 45.7 Å². The first kappa shape index (κ1) is 27.0. The van der Waals surface area contributed by atoms with E-state index in [0.29, 0.717) is 35.7 Å². The molecule has 11 heteroatoms. The number of anilines is 2. The first-order valence-corrected chi connectivity index (χ1v) is 13.6. The monoisotopic (exact) mass is 563 g/mol. The number of aromatic nitrogens is 6. The maximum atomic E-state index is 14.7. The van der Waals surface area contributed by atoms with Crippen molar-refractivity contribution in [3.8, 4) is 33.8 Å². The highest BCUT2D eigenvalue weighted by Gasteiger charge is 2.16. The van der Waals surface area contributed by atoms with Gasteiger partial charge in [-0.15, -0.1) is 0 Å². The molecule has 5 heterocycles. The van der Waals surface area contributed by atoms with Gasteiger partial charge in [-0.3, -0.25) is 24.8 Å². The molecular weight excluding hydrogens is 533 g/mol. The molecular formula is C31H30FN9O. The number of pyridine rings is 3. The average Bonchev–Trinajstić information content (AvgIpc) is 3.60. The highest BCUT2D eigenvalue weighted by molar-refractivity contribution is 6.01. The van der Waals surface area contributed by atoms with Gasteiger partial charge < -0.3 is 20.5 Å². The highest BCUT2D eigenvalue weighted by atomic mass is 19.1. The molecule has 0 unspecified atom stereocenters. The van der Waals surface area contributed by atoms with Crippen molar-refractivity contribution in [2.75, 3.05) is 37.8 Å². The van der Waals surface area contributed by atoms with E-state index in [9.17, 15) is 9.18 Å². The van der Waals surface area contributed by atoms with Crippen LogP contribution in [0.5, 0.6) is 0 Å². The molecule has 0 aliphatic carbocycles. The van der Waals surface area contributed by atoms with Gasteiger partial charge in [0.1, 0.15) is 11.5 Å². The Bertz CT molecular complexity index is 1910. The van der Waals surface area contributed by atoms with Gasteiger partial charge in [0.25, 0.3) is 0 Å². The SMILES string of the molecule is CCC(=O)Nc1cncc(-c2cc3c(-c4cc5c(-c6cc(F)cc(NCCN(C)C)c6)cncc5[nH]4)n[nH]c3cn2)c1. The van der Waals surface area contributed by atoms with Crippen LogP contribution in [-0.4, -0.2) is 68.1 Å². The molecule has 6 aromatic rings. The molecule has 0 saturated heterocycles. The fourth-order valence-electron chi connectivity index (χ4n) is 4.86. The Morgan fingerprint density at radius 1 is 0.905 bits per heavy atom. The van der Waals surface area contributed by atoms with Gasteiger partial charge in [-0.1, -0.05) is 6.92 Å². The number of rotatable bonds is 9. The molecule has 5 aromatic heterocycles. The molecule has 0 radical (unpaired) electrons. The van der Waals surface area contributed by atoms with Crippen molar-refractivity contribution in [3.63, 3.8) is 0 Å². The van der Waals surface area contributed by atoms with E-state index in [1.807, 2.05) is 38.4 Å². The van der Waals surface area contributed by atoms with E-state index in [1.54, 1.807) is 37.9 Å². The minimum Gasteiger partial charge on any atom is -0.384 e. The third-order valence-corrected chi connectivity index (χ3v) is 6.98. The number of aromatic amines is 2. The van der Waals surface area contributed by atoms with Crippen LogP contribution in [0.4, 0.5) is 15.8 Å². The number of carbonyl (C=O) groups excluding carboxylic acids is 1. The van der Waals surface area contributed by atoms with Gasteiger partial charge in [0, 0.05) is 59.5 Å². The molecule has 0 aliphatic heterocycles. The summed E-state index contributed by atoms with van der Waals surface area (Å²) in [4.78, 5) is 30.6. The van der Waals surface area contributed by atoms with Crippen LogP contribution in [0.15, 0.2) is 67.4 Å². The van der Waals surface area contributed by atoms with Crippen molar-refractivity contribution in [2.24, 2.45) is 0 Å². The van der Waals surface area contributed by atoms with Crippen LogP contribution in [0.25, 0.3) is 55.6 Å². The number of fused-ring (bicyclic) bond motifs is 2. The lowest BCUT2D eigenvalue weighted by molar-refractivity contribution is -0.115. The Hall–Kier alpha value is -5.16. The maximum absolute atomic E-state index is 14.7. The van der Waals surface area contributed by atoms with Gasteiger partial charge >= 0.3 is 0 Å². The van der Waals surface area contributed by atoms with Crippen LogP contribution in [-0.2, 0) is 4.79 Å². The standard InChI is InChI=1S/C31H30FN9O/c1-4-30(42)37-22-9-19(13-33-14-22)26-12-24-29(17-36-26)39-40-31(24)27-11-23-25(15-34-16-28(23)38-27)18-7-20(32)10-21(8-18)35-5-6-41(2)3/h7-17,35,38H,4-6H2,1-3H3,(H,37,42)(H,39,40). The summed E-state index contributed by atoms with van der Waals surface area (Å²) in [6.07, 6.45) is 8.92. The summed E-state index contributed by atoms with van der Waals surface area (Å²) in [5.41, 5.74) is 7.39. The fraction of sp³-hybridized carbons (Fsp3) is 0.194. The number of nitrogens with one attached hydrogen (secondary N) is 4. The molecule has 0 bridgehead atoms. The summed E-state index contributed by atoms with van der Waals surface area (Å²) in [5, 5.41) is 15.5. The second-order valence-electron chi connectivity index (χ2n) is 10.3. The fourth-order valence-corrected chi connectivity index (χ4v) is 4.86. The van der Waals surface area contributed by atoms with E-state index >= 15 is 0 Å². The van der Waals surface area contributed by atoms with Gasteiger partial charge in [0.2, 0.25) is 5.91 Å². The van der Waals surface area contributed by atoms with Gasteiger partial charge in [-0.25, -0.2) is 4.39 Å². The summed E-state index contributed by atoms with van der Waals surface area (Å²) in [5.74, 6) is -0.407. The van der Waals surface area contributed by atoms with E-state index < -0.39 is 0 Å². The number of hydrogen-bond acceptors (Lipinski definition) is 7. The lowest BCUT2D eigenvalue weighted by Crippen LogP contribution is -2.20. The second kappa shape index (κ2) is 11.4. The number of carbonyl (C=O) groups is 1. The van der Waals surface area contributed by atoms with E-state index in [-0.39, 0.29) is 11.7 Å². The zero-order valence-electron chi connectivity index (χ0n) is 23.5. The van der Waals surface area contributed by atoms with Crippen molar-refractivity contribution in [1.82, 2.24) is 35.0 Å².